The summed E-state index contributed by atoms with van der Waals surface area (Å²) in [5.74, 6) is -1.64. The van der Waals surface area contributed by atoms with E-state index in [0.717, 1.165) is 16.7 Å². The van der Waals surface area contributed by atoms with Crippen LogP contribution in [0.5, 0.6) is 0 Å². The molecule has 2 amide bonds. The Kier molecular flexibility index (Phi) is 4.03. The van der Waals surface area contributed by atoms with Crippen molar-refractivity contribution in [1.29, 1.82) is 0 Å². The highest BCUT2D eigenvalue weighted by Crippen LogP contribution is 2.32. The second-order valence-corrected chi connectivity index (χ2v) is 5.84. The minimum atomic E-state index is -1.27. The molecule has 6 nitrogen and oxygen atoms in total. The lowest BCUT2D eigenvalue weighted by molar-refractivity contribution is -0.255. The van der Waals surface area contributed by atoms with Gasteiger partial charge in [-0.05, 0) is 41.6 Å². The predicted octanol–water partition coefficient (Wildman–Crippen LogP) is 1.69. The third-order valence-corrected chi connectivity index (χ3v) is 4.22. The molecule has 1 saturated heterocycles. The van der Waals surface area contributed by atoms with Crippen LogP contribution < -0.4 is 15.3 Å². The Balaban J connectivity index is 1.76. The number of hydrogen-bond acceptors (Lipinski definition) is 6. The summed E-state index contributed by atoms with van der Waals surface area (Å²) in [5.41, 5.74) is 1.11. The number of para-hydroxylation sites is 1. The molecule has 7 heteroatoms. The summed E-state index contributed by atoms with van der Waals surface area (Å²) >= 11 is 0.880. The Labute approximate surface area is 136 Å². The maximum atomic E-state index is 12.4. The van der Waals surface area contributed by atoms with E-state index in [1.54, 1.807) is 30.3 Å². The van der Waals surface area contributed by atoms with Gasteiger partial charge in [-0.2, -0.15) is 0 Å². The number of benzene rings is 2. The number of hydrogen-bond donors (Lipinski definition) is 1. The summed E-state index contributed by atoms with van der Waals surface area (Å²) in [6.07, 6.45) is 0. The molecule has 0 bridgehead atoms. The van der Waals surface area contributed by atoms with Crippen molar-refractivity contribution in [2.45, 2.75) is 5.37 Å². The van der Waals surface area contributed by atoms with Crippen LogP contribution in [0.25, 0.3) is 0 Å². The highest BCUT2D eigenvalue weighted by molar-refractivity contribution is 8.16. The van der Waals surface area contributed by atoms with Gasteiger partial charge in [0.2, 0.25) is 0 Å². The fourth-order valence-electron chi connectivity index (χ4n) is 2.17. The first-order valence-corrected chi connectivity index (χ1v) is 7.62. The molecule has 1 heterocycles. The summed E-state index contributed by atoms with van der Waals surface area (Å²) in [7, 11) is 0. The Morgan fingerprint density at radius 3 is 2.30 bits per heavy atom. The highest BCUT2D eigenvalue weighted by atomic mass is 32.2. The summed E-state index contributed by atoms with van der Waals surface area (Å²) in [4.78, 5) is 36.3. The number of anilines is 2. The van der Waals surface area contributed by atoms with Crippen LogP contribution in [0, 0.1) is 0 Å². The third kappa shape index (κ3) is 3.04. The number of aromatic carboxylic acids is 1. The molecule has 0 spiro atoms. The molecule has 23 heavy (non-hydrogen) atoms. The number of carbonyl (C=O) groups is 3. The summed E-state index contributed by atoms with van der Waals surface area (Å²) < 4.78 is 0. The molecule has 1 atom stereocenters. The van der Waals surface area contributed by atoms with Gasteiger partial charge in [-0.1, -0.05) is 30.3 Å². The van der Waals surface area contributed by atoms with E-state index in [9.17, 15) is 19.5 Å². The normalized spacial score (nSPS) is 17.4. The van der Waals surface area contributed by atoms with E-state index in [0.29, 0.717) is 11.4 Å². The number of amides is 2. The van der Waals surface area contributed by atoms with Gasteiger partial charge in [-0.15, -0.1) is 0 Å². The van der Waals surface area contributed by atoms with E-state index in [1.807, 2.05) is 0 Å². The number of nitrogens with one attached hydrogen (secondary N) is 1. The number of rotatable bonds is 4. The maximum absolute atomic E-state index is 12.4. The van der Waals surface area contributed by atoms with Gasteiger partial charge in [0.15, 0.2) is 5.37 Å². The quantitative estimate of drug-likeness (QED) is 0.919. The number of imide groups is 1. The molecule has 1 aliphatic heterocycles. The van der Waals surface area contributed by atoms with Gasteiger partial charge in [0.05, 0.1) is 11.7 Å². The fourth-order valence-corrected chi connectivity index (χ4v) is 3.07. The second-order valence-electron chi connectivity index (χ2n) is 4.78. The van der Waals surface area contributed by atoms with Gasteiger partial charge in [-0.25, -0.2) is 4.90 Å². The van der Waals surface area contributed by atoms with Crippen molar-refractivity contribution >= 4 is 40.3 Å². The molecule has 2 aromatic rings. The SMILES string of the molecule is O=C([O-])c1ccc(N[C@@H]2SC(=O)N(c3ccccc3)C2=O)cc1. The van der Waals surface area contributed by atoms with Gasteiger partial charge >= 0.3 is 0 Å². The maximum Gasteiger partial charge on any atom is 0.295 e. The lowest BCUT2D eigenvalue weighted by Gasteiger charge is -2.15. The molecule has 116 valence electrons. The van der Waals surface area contributed by atoms with E-state index < -0.39 is 11.3 Å². The van der Waals surface area contributed by atoms with Crippen LogP contribution in [0.1, 0.15) is 10.4 Å². The fraction of sp³-hybridized carbons (Fsp3) is 0.0625. The largest absolute Gasteiger partial charge is 0.545 e. The average Bonchev–Trinajstić information content (AvgIpc) is 2.82. The molecule has 1 aliphatic rings. The third-order valence-electron chi connectivity index (χ3n) is 3.28. The van der Waals surface area contributed by atoms with Crippen molar-refractivity contribution in [1.82, 2.24) is 0 Å². The lowest BCUT2D eigenvalue weighted by atomic mass is 10.2. The van der Waals surface area contributed by atoms with Crippen LogP contribution in [0.4, 0.5) is 16.2 Å². The van der Waals surface area contributed by atoms with Gasteiger partial charge in [0.25, 0.3) is 11.1 Å². The molecule has 2 aromatic carbocycles. The molecule has 0 saturated carbocycles. The summed E-state index contributed by atoms with van der Waals surface area (Å²) in [6.45, 7) is 0. The number of carboxylic acids is 1. The van der Waals surface area contributed by atoms with Crippen LogP contribution >= 0.6 is 11.8 Å². The van der Waals surface area contributed by atoms with Crippen LogP contribution in [-0.2, 0) is 4.79 Å². The van der Waals surface area contributed by atoms with Gasteiger partial charge in [-0.3, -0.25) is 9.59 Å². The molecular formula is C16H11N2O4S-. The van der Waals surface area contributed by atoms with Crippen molar-refractivity contribution in [3.63, 3.8) is 0 Å². The van der Waals surface area contributed by atoms with E-state index in [4.69, 9.17) is 0 Å². The van der Waals surface area contributed by atoms with Crippen molar-refractivity contribution in [3.8, 4) is 0 Å². The van der Waals surface area contributed by atoms with Crippen molar-refractivity contribution in [2.24, 2.45) is 0 Å². The van der Waals surface area contributed by atoms with E-state index >= 15 is 0 Å². The molecular weight excluding hydrogens is 316 g/mol. The zero-order valence-electron chi connectivity index (χ0n) is 11.8. The zero-order chi connectivity index (χ0) is 16.4. The number of carbonyl (C=O) groups excluding carboxylic acids is 3. The smallest absolute Gasteiger partial charge is 0.295 e. The minimum absolute atomic E-state index is 0.0444. The summed E-state index contributed by atoms with van der Waals surface area (Å²) in [5, 5.41) is 12.5. The van der Waals surface area contributed by atoms with Crippen LogP contribution in [0.3, 0.4) is 0 Å². The lowest BCUT2D eigenvalue weighted by Crippen LogP contribution is -2.34. The Hall–Kier alpha value is -2.80. The molecule has 0 radical (unpaired) electrons. The second kappa shape index (κ2) is 6.13. The van der Waals surface area contributed by atoms with Crippen LogP contribution in [0.2, 0.25) is 0 Å². The molecule has 1 fully saturated rings. The van der Waals surface area contributed by atoms with Crippen molar-refractivity contribution < 1.29 is 19.5 Å². The number of carboxylic acid groups (broad SMARTS) is 1. The number of thioether (sulfide) groups is 1. The zero-order valence-corrected chi connectivity index (χ0v) is 12.6. The van der Waals surface area contributed by atoms with E-state index in [2.05, 4.69) is 5.32 Å². The molecule has 0 aromatic heterocycles. The predicted molar refractivity (Wildman–Crippen MR) is 85.1 cm³/mol. The first kappa shape index (κ1) is 15.1. The first-order valence-electron chi connectivity index (χ1n) is 6.74. The molecule has 0 unspecified atom stereocenters. The Morgan fingerprint density at radius 2 is 1.70 bits per heavy atom. The summed E-state index contributed by atoms with van der Waals surface area (Å²) in [6, 6.07) is 14.5. The van der Waals surface area contributed by atoms with Crippen LogP contribution in [-0.4, -0.2) is 22.5 Å². The standard InChI is InChI=1S/C16H12N2O4S/c19-14-13(17-11-8-6-10(7-9-11)15(20)21)23-16(22)18(14)12-4-2-1-3-5-12/h1-9,13,17H,(H,20,21)/p-1/t13-/m1/s1. The van der Waals surface area contributed by atoms with E-state index in [1.165, 1.54) is 24.3 Å². The van der Waals surface area contributed by atoms with Gasteiger partial charge in [0, 0.05) is 5.69 Å². The first-order chi connectivity index (χ1) is 11.1. The number of nitrogens with zero attached hydrogens (tertiary/aromatic N) is 1. The Bertz CT molecular complexity index is 761. The average molecular weight is 327 g/mol. The van der Waals surface area contributed by atoms with Crippen LogP contribution in [0.15, 0.2) is 54.6 Å². The topological polar surface area (TPSA) is 89.5 Å². The van der Waals surface area contributed by atoms with E-state index in [-0.39, 0.29) is 16.7 Å². The van der Waals surface area contributed by atoms with Gasteiger partial charge < -0.3 is 15.2 Å². The highest BCUT2D eigenvalue weighted by Gasteiger charge is 2.40. The van der Waals surface area contributed by atoms with Crippen molar-refractivity contribution in [3.05, 3.63) is 60.2 Å². The molecule has 0 aliphatic carbocycles. The Morgan fingerprint density at radius 1 is 1.04 bits per heavy atom. The molecule has 3 rings (SSSR count). The minimum Gasteiger partial charge on any atom is -0.545 e. The monoisotopic (exact) mass is 327 g/mol. The molecule has 1 N–H and O–H groups in total. The van der Waals surface area contributed by atoms with Gasteiger partial charge in [0.1, 0.15) is 0 Å². The van der Waals surface area contributed by atoms with Crippen molar-refractivity contribution in [2.75, 3.05) is 10.2 Å².